The first kappa shape index (κ1) is 10.8. The standard InChI is InChI=1S/C11H12FNO3/c12-10-7(2-1-3-13)11-9(6-8(10)14)15-4-5-16-11/h1-2,6,14H,3-5,13H2/b2-1+. The Balaban J connectivity index is 2.54. The van der Waals surface area contributed by atoms with Crippen molar-refractivity contribution in [2.45, 2.75) is 0 Å². The molecule has 0 amide bonds. The first-order valence-corrected chi connectivity index (χ1v) is 4.91. The molecule has 0 aromatic heterocycles. The molecule has 2 rings (SSSR count). The van der Waals surface area contributed by atoms with Crippen LogP contribution in [0, 0.1) is 5.82 Å². The smallest absolute Gasteiger partial charge is 0.176 e. The fourth-order valence-corrected chi connectivity index (χ4v) is 1.51. The average molecular weight is 225 g/mol. The van der Waals surface area contributed by atoms with E-state index >= 15 is 0 Å². The molecular formula is C11H12FNO3. The predicted octanol–water partition coefficient (Wildman–Crippen LogP) is 1.27. The zero-order chi connectivity index (χ0) is 11.5. The Hall–Kier alpha value is -1.75. The van der Waals surface area contributed by atoms with Gasteiger partial charge in [0.25, 0.3) is 0 Å². The van der Waals surface area contributed by atoms with Gasteiger partial charge in [-0.3, -0.25) is 0 Å². The quantitative estimate of drug-likeness (QED) is 0.795. The Bertz CT molecular complexity index is 432. The third-order valence-corrected chi connectivity index (χ3v) is 2.21. The molecule has 1 aromatic rings. The molecule has 1 aliphatic rings. The lowest BCUT2D eigenvalue weighted by Crippen LogP contribution is -2.16. The Kier molecular flexibility index (Phi) is 2.96. The molecule has 0 saturated heterocycles. The number of hydrogen-bond donors (Lipinski definition) is 2. The molecule has 1 aliphatic heterocycles. The van der Waals surface area contributed by atoms with Crippen LogP contribution in [0.5, 0.6) is 17.2 Å². The molecule has 0 saturated carbocycles. The first-order chi connectivity index (χ1) is 7.74. The summed E-state index contributed by atoms with van der Waals surface area (Å²) in [6.07, 6.45) is 3.05. The van der Waals surface area contributed by atoms with E-state index in [9.17, 15) is 9.50 Å². The second-order valence-electron chi connectivity index (χ2n) is 3.29. The Morgan fingerprint density at radius 3 is 2.94 bits per heavy atom. The van der Waals surface area contributed by atoms with Gasteiger partial charge in [0.15, 0.2) is 23.1 Å². The molecule has 1 aromatic carbocycles. The van der Waals surface area contributed by atoms with Gasteiger partial charge in [0.2, 0.25) is 0 Å². The van der Waals surface area contributed by atoms with Crippen molar-refractivity contribution in [3.05, 3.63) is 23.5 Å². The van der Waals surface area contributed by atoms with Crippen LogP contribution >= 0.6 is 0 Å². The summed E-state index contributed by atoms with van der Waals surface area (Å²) < 4.78 is 24.2. The van der Waals surface area contributed by atoms with Gasteiger partial charge < -0.3 is 20.3 Å². The largest absolute Gasteiger partial charge is 0.505 e. The number of halogens is 1. The van der Waals surface area contributed by atoms with E-state index in [-0.39, 0.29) is 12.1 Å². The van der Waals surface area contributed by atoms with Gasteiger partial charge >= 0.3 is 0 Å². The summed E-state index contributed by atoms with van der Waals surface area (Å²) in [6, 6.07) is 1.21. The molecule has 4 nitrogen and oxygen atoms in total. The van der Waals surface area contributed by atoms with Gasteiger partial charge in [0, 0.05) is 12.6 Å². The van der Waals surface area contributed by atoms with Gasteiger partial charge in [0.05, 0.1) is 5.56 Å². The minimum Gasteiger partial charge on any atom is -0.505 e. The molecule has 1 heterocycles. The third kappa shape index (κ3) is 1.81. The maximum Gasteiger partial charge on any atom is 0.176 e. The summed E-state index contributed by atoms with van der Waals surface area (Å²) in [7, 11) is 0. The molecule has 0 bridgehead atoms. The van der Waals surface area contributed by atoms with Crippen LogP contribution in [0.1, 0.15) is 5.56 Å². The fraction of sp³-hybridized carbons (Fsp3) is 0.273. The molecular weight excluding hydrogens is 213 g/mol. The van der Waals surface area contributed by atoms with Crippen LogP contribution in [-0.2, 0) is 0 Å². The number of benzene rings is 1. The highest BCUT2D eigenvalue weighted by atomic mass is 19.1. The molecule has 0 aliphatic carbocycles. The van der Waals surface area contributed by atoms with Gasteiger partial charge in [-0.05, 0) is 0 Å². The number of aromatic hydroxyl groups is 1. The van der Waals surface area contributed by atoms with E-state index in [4.69, 9.17) is 15.2 Å². The van der Waals surface area contributed by atoms with E-state index in [0.29, 0.717) is 24.7 Å². The van der Waals surface area contributed by atoms with Crippen LogP contribution in [0.3, 0.4) is 0 Å². The zero-order valence-electron chi connectivity index (χ0n) is 8.57. The molecule has 0 fully saturated rings. The number of phenols is 1. The van der Waals surface area contributed by atoms with Crippen LogP contribution in [0.15, 0.2) is 12.1 Å². The lowest BCUT2D eigenvalue weighted by atomic mass is 10.1. The molecule has 0 spiro atoms. The maximum absolute atomic E-state index is 13.6. The van der Waals surface area contributed by atoms with Crippen molar-refractivity contribution in [1.82, 2.24) is 0 Å². The summed E-state index contributed by atoms with van der Waals surface area (Å²) >= 11 is 0. The van der Waals surface area contributed by atoms with E-state index in [1.165, 1.54) is 12.1 Å². The van der Waals surface area contributed by atoms with E-state index in [2.05, 4.69) is 0 Å². The summed E-state index contributed by atoms with van der Waals surface area (Å²) in [6.45, 7) is 1.03. The van der Waals surface area contributed by atoms with E-state index in [1.807, 2.05) is 0 Å². The van der Waals surface area contributed by atoms with E-state index in [1.54, 1.807) is 6.08 Å². The number of fused-ring (bicyclic) bond motifs is 1. The predicted molar refractivity (Wildman–Crippen MR) is 57.1 cm³/mol. The summed E-state index contributed by atoms with van der Waals surface area (Å²) in [4.78, 5) is 0. The number of rotatable bonds is 2. The van der Waals surface area contributed by atoms with Crippen LogP contribution in [0.4, 0.5) is 4.39 Å². The SMILES string of the molecule is NC/C=C/c1c(F)c(O)cc2c1OCCO2. The van der Waals surface area contributed by atoms with Crippen LogP contribution in [-0.4, -0.2) is 24.9 Å². The van der Waals surface area contributed by atoms with Gasteiger partial charge in [0.1, 0.15) is 13.2 Å². The van der Waals surface area contributed by atoms with Crippen LogP contribution in [0.25, 0.3) is 6.08 Å². The van der Waals surface area contributed by atoms with Gasteiger partial charge in [-0.2, -0.15) is 0 Å². The molecule has 0 atom stereocenters. The van der Waals surface area contributed by atoms with Crippen molar-refractivity contribution >= 4 is 6.08 Å². The van der Waals surface area contributed by atoms with Crippen molar-refractivity contribution in [2.24, 2.45) is 5.73 Å². The van der Waals surface area contributed by atoms with Crippen molar-refractivity contribution in [2.75, 3.05) is 19.8 Å². The van der Waals surface area contributed by atoms with Crippen molar-refractivity contribution in [3.63, 3.8) is 0 Å². The van der Waals surface area contributed by atoms with Crippen molar-refractivity contribution in [3.8, 4) is 17.2 Å². The lowest BCUT2D eigenvalue weighted by Gasteiger charge is -2.20. The highest BCUT2D eigenvalue weighted by Crippen LogP contribution is 2.40. The fourth-order valence-electron chi connectivity index (χ4n) is 1.51. The third-order valence-electron chi connectivity index (χ3n) is 2.21. The Labute approximate surface area is 92.1 Å². The highest BCUT2D eigenvalue weighted by Gasteiger charge is 2.21. The second-order valence-corrected chi connectivity index (χ2v) is 3.29. The highest BCUT2D eigenvalue weighted by molar-refractivity contribution is 5.66. The van der Waals surface area contributed by atoms with E-state index in [0.717, 1.165) is 0 Å². The number of hydrogen-bond acceptors (Lipinski definition) is 4. The minimum absolute atomic E-state index is 0.167. The molecule has 0 radical (unpaired) electrons. The molecule has 5 heteroatoms. The second kappa shape index (κ2) is 4.40. The first-order valence-electron chi connectivity index (χ1n) is 4.91. The number of phenolic OH excluding ortho intramolecular Hbond substituents is 1. The normalized spacial score (nSPS) is 14.4. The van der Waals surface area contributed by atoms with Crippen LogP contribution in [0.2, 0.25) is 0 Å². The molecule has 0 unspecified atom stereocenters. The maximum atomic E-state index is 13.6. The minimum atomic E-state index is -0.728. The molecule has 16 heavy (non-hydrogen) atoms. The number of ether oxygens (including phenoxy) is 2. The lowest BCUT2D eigenvalue weighted by molar-refractivity contribution is 0.169. The summed E-state index contributed by atoms with van der Waals surface area (Å²) in [5, 5.41) is 9.38. The summed E-state index contributed by atoms with van der Waals surface area (Å²) in [5.74, 6) is -0.525. The topological polar surface area (TPSA) is 64.7 Å². The van der Waals surface area contributed by atoms with E-state index < -0.39 is 11.6 Å². The Morgan fingerprint density at radius 2 is 2.19 bits per heavy atom. The van der Waals surface area contributed by atoms with Gasteiger partial charge in [-0.25, -0.2) is 4.39 Å². The van der Waals surface area contributed by atoms with Crippen molar-refractivity contribution < 1.29 is 19.0 Å². The monoisotopic (exact) mass is 225 g/mol. The van der Waals surface area contributed by atoms with Crippen LogP contribution < -0.4 is 15.2 Å². The van der Waals surface area contributed by atoms with Gasteiger partial charge in [-0.15, -0.1) is 0 Å². The molecule has 86 valence electrons. The Morgan fingerprint density at radius 1 is 1.44 bits per heavy atom. The number of nitrogens with two attached hydrogens (primary N) is 1. The summed E-state index contributed by atoms with van der Waals surface area (Å²) in [5.41, 5.74) is 5.46. The van der Waals surface area contributed by atoms with Crippen molar-refractivity contribution in [1.29, 1.82) is 0 Å². The molecule has 3 N–H and O–H groups in total. The van der Waals surface area contributed by atoms with Gasteiger partial charge in [-0.1, -0.05) is 12.2 Å². The average Bonchev–Trinajstić information content (AvgIpc) is 2.30. The zero-order valence-corrected chi connectivity index (χ0v) is 8.57.